The highest BCUT2D eigenvalue weighted by Crippen LogP contribution is 2.24. The Labute approximate surface area is 73.5 Å². The summed E-state index contributed by atoms with van der Waals surface area (Å²) in [6, 6.07) is 0. The molecule has 0 amide bonds. The van der Waals surface area contributed by atoms with Gasteiger partial charge in [0.2, 0.25) is 0 Å². The second-order valence-electron chi connectivity index (χ2n) is 2.17. The fraction of sp³-hybridized carbons (Fsp3) is 0.571. The molecule has 0 aromatic heterocycles. The monoisotopic (exact) mass is 220 g/mol. The van der Waals surface area contributed by atoms with Gasteiger partial charge < -0.3 is 9.47 Å². The molecule has 1 heterocycles. The number of carbonyl (C=O) groups is 1. The van der Waals surface area contributed by atoms with E-state index in [0.29, 0.717) is 5.33 Å². The summed E-state index contributed by atoms with van der Waals surface area (Å²) in [6.07, 6.45) is 1.19. The maximum Gasteiger partial charge on any atom is 0.338 e. The Morgan fingerprint density at radius 2 is 2.55 bits per heavy atom. The molecule has 0 spiro atoms. The zero-order valence-corrected chi connectivity index (χ0v) is 7.54. The van der Waals surface area contributed by atoms with E-state index in [1.807, 2.05) is 0 Å². The average molecular weight is 221 g/mol. The number of halogens is 1. The Balaban J connectivity index is 2.17. The molecule has 0 radical (unpaired) electrons. The lowest BCUT2D eigenvalue weighted by atomic mass is 10.3. The normalized spacial score (nSPS) is 27.7. The maximum atomic E-state index is 10.9. The quantitative estimate of drug-likeness (QED) is 0.306. The van der Waals surface area contributed by atoms with Gasteiger partial charge >= 0.3 is 5.97 Å². The number of epoxide rings is 1. The van der Waals surface area contributed by atoms with E-state index in [1.165, 1.54) is 6.08 Å². The highest BCUT2D eigenvalue weighted by molar-refractivity contribution is 9.09. The summed E-state index contributed by atoms with van der Waals surface area (Å²) in [4.78, 5) is 10.9. The van der Waals surface area contributed by atoms with E-state index in [9.17, 15) is 4.79 Å². The van der Waals surface area contributed by atoms with Gasteiger partial charge in [-0.2, -0.15) is 0 Å². The Kier molecular flexibility index (Phi) is 3.08. The van der Waals surface area contributed by atoms with Gasteiger partial charge in [-0.05, 0) is 0 Å². The lowest BCUT2D eigenvalue weighted by Gasteiger charge is -1.95. The summed E-state index contributed by atoms with van der Waals surface area (Å²) in [5.74, 6) is -0.297. The third-order valence-electron chi connectivity index (χ3n) is 1.31. The van der Waals surface area contributed by atoms with E-state index in [4.69, 9.17) is 9.47 Å². The van der Waals surface area contributed by atoms with Crippen LogP contribution in [-0.2, 0) is 14.3 Å². The first-order valence-corrected chi connectivity index (χ1v) is 4.40. The maximum absolute atomic E-state index is 10.9. The lowest BCUT2D eigenvalue weighted by Crippen LogP contribution is -2.14. The van der Waals surface area contributed by atoms with Crippen molar-refractivity contribution in [2.24, 2.45) is 0 Å². The van der Waals surface area contributed by atoms with Gasteiger partial charge in [-0.1, -0.05) is 28.6 Å². The van der Waals surface area contributed by atoms with Crippen LogP contribution in [0.4, 0.5) is 0 Å². The zero-order valence-electron chi connectivity index (χ0n) is 5.96. The zero-order chi connectivity index (χ0) is 8.27. The summed E-state index contributed by atoms with van der Waals surface area (Å²) in [6.45, 7) is 3.68. The molecule has 1 rings (SSSR count). The standard InChI is InChI=1S/C7H9BrO3/c1-2-3-10-7(9)6-5(4-8)11-6/h2,5-6H,1,3-4H2. The van der Waals surface area contributed by atoms with E-state index in [-0.39, 0.29) is 24.8 Å². The summed E-state index contributed by atoms with van der Waals surface area (Å²) in [5.41, 5.74) is 0. The van der Waals surface area contributed by atoms with Crippen LogP contribution in [0.3, 0.4) is 0 Å². The van der Waals surface area contributed by atoms with Crippen molar-refractivity contribution in [1.82, 2.24) is 0 Å². The van der Waals surface area contributed by atoms with Crippen LogP contribution in [-0.4, -0.2) is 30.1 Å². The molecule has 0 N–H and O–H groups in total. The van der Waals surface area contributed by atoms with Crippen LogP contribution in [0, 0.1) is 0 Å². The van der Waals surface area contributed by atoms with Crippen LogP contribution >= 0.6 is 15.9 Å². The number of ether oxygens (including phenoxy) is 2. The number of carbonyl (C=O) groups excluding carboxylic acids is 1. The van der Waals surface area contributed by atoms with E-state index >= 15 is 0 Å². The van der Waals surface area contributed by atoms with Crippen molar-refractivity contribution in [1.29, 1.82) is 0 Å². The van der Waals surface area contributed by atoms with Crippen molar-refractivity contribution in [3.8, 4) is 0 Å². The molecule has 1 fully saturated rings. The van der Waals surface area contributed by atoms with E-state index in [1.54, 1.807) is 0 Å². The van der Waals surface area contributed by atoms with Gasteiger partial charge in [0.25, 0.3) is 0 Å². The van der Waals surface area contributed by atoms with E-state index in [2.05, 4.69) is 22.5 Å². The molecular formula is C7H9BrO3. The third-order valence-corrected chi connectivity index (χ3v) is 1.95. The van der Waals surface area contributed by atoms with Crippen molar-refractivity contribution in [3.05, 3.63) is 12.7 Å². The topological polar surface area (TPSA) is 38.8 Å². The molecule has 0 aromatic carbocycles. The van der Waals surface area contributed by atoms with Gasteiger partial charge in [-0.25, -0.2) is 4.79 Å². The van der Waals surface area contributed by atoms with Crippen LogP contribution in [0.25, 0.3) is 0 Å². The SMILES string of the molecule is C=CCOC(=O)C1OC1CBr. The molecular weight excluding hydrogens is 212 g/mol. The van der Waals surface area contributed by atoms with Crippen molar-refractivity contribution < 1.29 is 14.3 Å². The molecule has 1 aliphatic heterocycles. The fourth-order valence-electron chi connectivity index (χ4n) is 0.691. The van der Waals surface area contributed by atoms with Gasteiger partial charge in [-0.3, -0.25) is 0 Å². The fourth-order valence-corrected chi connectivity index (χ4v) is 1.18. The number of hydrogen-bond donors (Lipinski definition) is 0. The highest BCUT2D eigenvalue weighted by Gasteiger charge is 2.45. The first-order chi connectivity index (χ1) is 5.29. The molecule has 0 bridgehead atoms. The Hall–Kier alpha value is -0.350. The molecule has 2 atom stereocenters. The molecule has 4 heteroatoms. The van der Waals surface area contributed by atoms with E-state index < -0.39 is 0 Å². The summed E-state index contributed by atoms with van der Waals surface area (Å²) >= 11 is 3.20. The Morgan fingerprint density at radius 1 is 1.82 bits per heavy atom. The molecule has 2 unspecified atom stereocenters. The minimum atomic E-state index is -0.352. The van der Waals surface area contributed by atoms with Gasteiger partial charge in [0, 0.05) is 5.33 Å². The average Bonchev–Trinajstić information content (AvgIpc) is 2.78. The second kappa shape index (κ2) is 3.88. The molecule has 1 aliphatic rings. The highest BCUT2D eigenvalue weighted by atomic mass is 79.9. The first kappa shape index (κ1) is 8.74. The van der Waals surface area contributed by atoms with E-state index in [0.717, 1.165) is 0 Å². The predicted octanol–water partition coefficient (Wildman–Crippen LogP) is 0.878. The Morgan fingerprint density at radius 3 is 3.00 bits per heavy atom. The molecule has 0 aromatic rings. The number of alkyl halides is 1. The third kappa shape index (κ3) is 2.31. The van der Waals surface area contributed by atoms with Crippen LogP contribution in [0.2, 0.25) is 0 Å². The van der Waals surface area contributed by atoms with Crippen LogP contribution in [0.15, 0.2) is 12.7 Å². The van der Waals surface area contributed by atoms with Crippen LogP contribution in [0.5, 0.6) is 0 Å². The van der Waals surface area contributed by atoms with Crippen LogP contribution in [0.1, 0.15) is 0 Å². The summed E-state index contributed by atoms with van der Waals surface area (Å²) in [5, 5.41) is 0.681. The Bertz CT molecular complexity index is 169. The number of rotatable bonds is 4. The van der Waals surface area contributed by atoms with Gasteiger partial charge in [0.15, 0.2) is 6.10 Å². The minimum absolute atomic E-state index is 0.00677. The van der Waals surface area contributed by atoms with Crippen molar-refractivity contribution in [2.75, 3.05) is 11.9 Å². The van der Waals surface area contributed by atoms with Gasteiger partial charge in [0.1, 0.15) is 12.7 Å². The molecule has 0 saturated carbocycles. The van der Waals surface area contributed by atoms with Crippen LogP contribution < -0.4 is 0 Å². The molecule has 11 heavy (non-hydrogen) atoms. The number of hydrogen-bond acceptors (Lipinski definition) is 3. The van der Waals surface area contributed by atoms with Crippen molar-refractivity contribution >= 4 is 21.9 Å². The summed E-state index contributed by atoms with van der Waals surface area (Å²) in [7, 11) is 0. The first-order valence-electron chi connectivity index (χ1n) is 3.28. The second-order valence-corrected chi connectivity index (χ2v) is 2.82. The largest absolute Gasteiger partial charge is 0.459 e. The van der Waals surface area contributed by atoms with Gasteiger partial charge in [0.05, 0.1) is 0 Å². The predicted molar refractivity (Wildman–Crippen MR) is 43.6 cm³/mol. The lowest BCUT2D eigenvalue weighted by molar-refractivity contribution is -0.143. The molecule has 1 saturated heterocycles. The smallest absolute Gasteiger partial charge is 0.338 e. The summed E-state index contributed by atoms with van der Waals surface area (Å²) < 4.78 is 9.71. The minimum Gasteiger partial charge on any atom is -0.459 e. The van der Waals surface area contributed by atoms with Crippen molar-refractivity contribution in [3.63, 3.8) is 0 Å². The molecule has 62 valence electrons. The van der Waals surface area contributed by atoms with Gasteiger partial charge in [-0.15, -0.1) is 0 Å². The van der Waals surface area contributed by atoms with Crippen molar-refractivity contribution in [2.45, 2.75) is 12.2 Å². The molecule has 0 aliphatic carbocycles. The molecule has 3 nitrogen and oxygen atoms in total. The number of esters is 1.